The zero-order chi connectivity index (χ0) is 14.5. The van der Waals surface area contributed by atoms with Crippen LogP contribution < -0.4 is 11.1 Å². The van der Waals surface area contributed by atoms with E-state index in [1.54, 1.807) is 0 Å². The number of hydrogen-bond acceptors (Lipinski definition) is 4. The molecule has 0 bridgehead atoms. The smallest absolute Gasteiger partial charge is 0.251 e. The Hall–Kier alpha value is -0.560. The third-order valence-electron chi connectivity index (χ3n) is 3.93. The van der Waals surface area contributed by atoms with Crippen LogP contribution in [0.25, 0.3) is 0 Å². The van der Waals surface area contributed by atoms with Crippen molar-refractivity contribution in [2.75, 3.05) is 40.3 Å². The molecule has 23 heavy (non-hydrogen) atoms. The normalized spacial score (nSPS) is 18.1. The number of hydrogen-bond donors (Lipinski definition) is 2. The van der Waals surface area contributed by atoms with Gasteiger partial charge in [0, 0.05) is 44.3 Å². The first kappa shape index (κ1) is 24.7. The van der Waals surface area contributed by atoms with Crippen LogP contribution in [0.15, 0.2) is 24.3 Å². The summed E-state index contributed by atoms with van der Waals surface area (Å²) in [6, 6.07) is 7.83. The van der Waals surface area contributed by atoms with E-state index in [1.165, 1.54) is 0 Å². The molecular weight excluding hydrogens is 359 g/mol. The van der Waals surface area contributed by atoms with E-state index in [9.17, 15) is 4.79 Å². The number of carbonyl (C=O) groups is 1. The predicted molar refractivity (Wildman–Crippen MR) is 102 cm³/mol. The van der Waals surface area contributed by atoms with Gasteiger partial charge in [-0.15, -0.1) is 37.2 Å². The molecule has 0 aromatic heterocycles. The van der Waals surface area contributed by atoms with Gasteiger partial charge < -0.3 is 16.0 Å². The van der Waals surface area contributed by atoms with E-state index in [-0.39, 0.29) is 43.1 Å². The number of piperazine rings is 1. The first-order chi connectivity index (χ1) is 9.60. The van der Waals surface area contributed by atoms with Crippen molar-refractivity contribution in [3.63, 3.8) is 0 Å². The Kier molecular flexibility index (Phi) is 12.8. The first-order valence-corrected chi connectivity index (χ1v) is 7.06. The van der Waals surface area contributed by atoms with Crippen molar-refractivity contribution < 1.29 is 4.79 Å². The molecule has 0 spiro atoms. The minimum atomic E-state index is -0.0183. The van der Waals surface area contributed by atoms with E-state index >= 15 is 0 Å². The lowest BCUT2D eigenvalue weighted by Gasteiger charge is -2.37. The molecule has 0 saturated carbocycles. The summed E-state index contributed by atoms with van der Waals surface area (Å²) < 4.78 is 0. The first-order valence-electron chi connectivity index (χ1n) is 7.06. The number of carbonyl (C=O) groups excluding carboxylic acids is 1. The van der Waals surface area contributed by atoms with E-state index < -0.39 is 0 Å². The number of amides is 1. The summed E-state index contributed by atoms with van der Waals surface area (Å²) in [6.07, 6.45) is 0. The van der Waals surface area contributed by atoms with Gasteiger partial charge >= 0.3 is 0 Å². The summed E-state index contributed by atoms with van der Waals surface area (Å²) >= 11 is 0. The Balaban J connectivity index is 0. The van der Waals surface area contributed by atoms with Gasteiger partial charge in [-0.3, -0.25) is 9.69 Å². The third kappa shape index (κ3) is 7.25. The Bertz CT molecular complexity index is 459. The summed E-state index contributed by atoms with van der Waals surface area (Å²) in [5, 5.41) is 3.02. The van der Waals surface area contributed by atoms with Crippen LogP contribution in [-0.4, -0.2) is 62.0 Å². The molecule has 1 saturated heterocycles. The van der Waals surface area contributed by atoms with Crippen LogP contribution >= 0.6 is 37.2 Å². The molecule has 1 fully saturated rings. The van der Waals surface area contributed by atoms with E-state index in [0.29, 0.717) is 24.7 Å². The van der Waals surface area contributed by atoms with Gasteiger partial charge in [0.1, 0.15) is 0 Å². The number of nitrogens with one attached hydrogen (secondary N) is 1. The molecule has 1 aliphatic rings. The van der Waals surface area contributed by atoms with E-state index in [4.69, 9.17) is 5.73 Å². The Morgan fingerprint density at radius 1 is 1.17 bits per heavy atom. The quantitative estimate of drug-likeness (QED) is 0.822. The zero-order valence-electron chi connectivity index (χ0n) is 13.5. The molecule has 1 aliphatic heterocycles. The highest BCUT2D eigenvalue weighted by Crippen LogP contribution is 2.06. The number of benzene rings is 1. The molecule has 1 amide bonds. The van der Waals surface area contributed by atoms with Gasteiger partial charge in [-0.2, -0.15) is 0 Å². The van der Waals surface area contributed by atoms with Crippen molar-refractivity contribution in [1.82, 2.24) is 15.1 Å². The van der Waals surface area contributed by atoms with Crippen LogP contribution in [0.4, 0.5) is 0 Å². The van der Waals surface area contributed by atoms with Gasteiger partial charge in [-0.05, 0) is 31.8 Å². The maximum Gasteiger partial charge on any atom is 0.251 e. The fraction of sp³-hybridized carbons (Fsp3) is 0.533. The van der Waals surface area contributed by atoms with Gasteiger partial charge in [-0.1, -0.05) is 12.1 Å². The molecule has 8 heteroatoms. The van der Waals surface area contributed by atoms with Gasteiger partial charge in [-0.25, -0.2) is 0 Å². The lowest BCUT2D eigenvalue weighted by molar-refractivity contribution is 0.0881. The molecule has 1 unspecified atom stereocenters. The van der Waals surface area contributed by atoms with Gasteiger partial charge in [0.25, 0.3) is 5.91 Å². The van der Waals surface area contributed by atoms with Crippen molar-refractivity contribution in [3.05, 3.63) is 35.4 Å². The number of likely N-dealkylation sites (N-methyl/N-ethyl adjacent to an activating group) is 2. The molecule has 1 atom stereocenters. The number of rotatable bonds is 4. The van der Waals surface area contributed by atoms with Crippen LogP contribution in [0, 0.1) is 0 Å². The number of halogens is 3. The van der Waals surface area contributed by atoms with Crippen molar-refractivity contribution in [2.24, 2.45) is 5.73 Å². The second kappa shape index (κ2) is 11.9. The maximum atomic E-state index is 12.1. The van der Waals surface area contributed by atoms with Crippen LogP contribution in [-0.2, 0) is 6.54 Å². The topological polar surface area (TPSA) is 61.6 Å². The minimum absolute atomic E-state index is 0. The van der Waals surface area contributed by atoms with Crippen LogP contribution in [0.3, 0.4) is 0 Å². The standard InChI is InChI=1S/C15H24N4O.3ClH/c1-18-7-8-19(2)14(11-18)10-17-15(20)13-5-3-12(9-16)4-6-13;;;/h3-6,14H,7-11,16H2,1-2H3,(H,17,20);3*1H. The van der Waals surface area contributed by atoms with Gasteiger partial charge in [0.15, 0.2) is 0 Å². The van der Waals surface area contributed by atoms with Crippen molar-refractivity contribution in [1.29, 1.82) is 0 Å². The largest absolute Gasteiger partial charge is 0.350 e. The minimum Gasteiger partial charge on any atom is -0.350 e. The lowest BCUT2D eigenvalue weighted by Crippen LogP contribution is -2.54. The average Bonchev–Trinajstić information content (AvgIpc) is 2.48. The summed E-state index contributed by atoms with van der Waals surface area (Å²) in [5.41, 5.74) is 7.28. The Labute approximate surface area is 157 Å². The van der Waals surface area contributed by atoms with Crippen molar-refractivity contribution in [2.45, 2.75) is 12.6 Å². The third-order valence-corrected chi connectivity index (χ3v) is 3.93. The van der Waals surface area contributed by atoms with Crippen LogP contribution in [0.1, 0.15) is 15.9 Å². The molecule has 2 rings (SSSR count). The monoisotopic (exact) mass is 384 g/mol. The molecule has 0 aliphatic carbocycles. The maximum absolute atomic E-state index is 12.1. The molecule has 0 radical (unpaired) electrons. The van der Waals surface area contributed by atoms with E-state index in [1.807, 2.05) is 24.3 Å². The fourth-order valence-electron chi connectivity index (χ4n) is 2.43. The summed E-state index contributed by atoms with van der Waals surface area (Å²) in [5.74, 6) is -0.0183. The Morgan fingerprint density at radius 2 is 1.78 bits per heavy atom. The van der Waals surface area contributed by atoms with Crippen molar-refractivity contribution >= 4 is 43.1 Å². The van der Waals surface area contributed by atoms with Gasteiger partial charge in [0.2, 0.25) is 0 Å². The second-order valence-electron chi connectivity index (χ2n) is 5.51. The molecule has 1 heterocycles. The molecular formula is C15H27Cl3N4O. The van der Waals surface area contributed by atoms with Crippen molar-refractivity contribution in [3.8, 4) is 0 Å². The predicted octanol–water partition coefficient (Wildman–Crippen LogP) is 1.39. The number of nitrogens with two attached hydrogens (primary N) is 1. The summed E-state index contributed by atoms with van der Waals surface area (Å²) in [7, 11) is 4.23. The highest BCUT2D eigenvalue weighted by atomic mass is 35.5. The fourth-order valence-corrected chi connectivity index (χ4v) is 2.43. The molecule has 1 aromatic rings. The molecule has 134 valence electrons. The van der Waals surface area contributed by atoms with Crippen LogP contribution in [0.2, 0.25) is 0 Å². The summed E-state index contributed by atoms with van der Waals surface area (Å²) in [4.78, 5) is 16.7. The SMILES string of the molecule is CN1CCN(C)C(CNC(=O)c2ccc(CN)cc2)C1.Cl.Cl.Cl. The number of nitrogens with zero attached hydrogens (tertiary/aromatic N) is 2. The highest BCUT2D eigenvalue weighted by molar-refractivity contribution is 5.94. The second-order valence-corrected chi connectivity index (χ2v) is 5.51. The Morgan fingerprint density at radius 3 is 2.35 bits per heavy atom. The zero-order valence-corrected chi connectivity index (χ0v) is 16.0. The highest BCUT2D eigenvalue weighted by Gasteiger charge is 2.22. The summed E-state index contributed by atoms with van der Waals surface area (Å²) in [6.45, 7) is 4.30. The van der Waals surface area contributed by atoms with Gasteiger partial charge in [0.05, 0.1) is 0 Å². The molecule has 3 N–H and O–H groups in total. The lowest BCUT2D eigenvalue weighted by atomic mass is 10.1. The van der Waals surface area contributed by atoms with E-state index in [2.05, 4.69) is 29.2 Å². The average molecular weight is 386 g/mol. The molecule has 5 nitrogen and oxygen atoms in total. The van der Waals surface area contributed by atoms with E-state index in [0.717, 1.165) is 25.2 Å². The molecule has 1 aromatic carbocycles. The van der Waals surface area contributed by atoms with Crippen LogP contribution in [0.5, 0.6) is 0 Å².